The van der Waals surface area contributed by atoms with Crippen LogP contribution in [0.5, 0.6) is 0 Å². The van der Waals surface area contributed by atoms with Crippen LogP contribution in [0.25, 0.3) is 0 Å². The molecule has 0 fully saturated rings. The van der Waals surface area contributed by atoms with Crippen molar-refractivity contribution in [2.45, 2.75) is 12.7 Å². The van der Waals surface area contributed by atoms with Crippen LogP contribution in [0.2, 0.25) is 0 Å². The van der Waals surface area contributed by atoms with Gasteiger partial charge in [-0.2, -0.15) is 0 Å². The molecule has 1 aromatic heterocycles. The van der Waals surface area contributed by atoms with Crippen LogP contribution in [0.1, 0.15) is 11.6 Å². The molecule has 0 atom stereocenters. The monoisotopic (exact) mass is 245 g/mol. The lowest BCUT2D eigenvalue weighted by Crippen LogP contribution is -2.51. The molecule has 0 aromatic carbocycles. The first-order valence-corrected chi connectivity index (χ1v) is 3.81. The van der Waals surface area contributed by atoms with Crippen LogP contribution < -0.4 is 0 Å². The number of hydrogen-bond donors (Lipinski definition) is 0. The molecule has 0 aliphatic carbocycles. The molecule has 13 nitrogen and oxygen atoms in total. The molecule has 1 aromatic rings. The van der Waals surface area contributed by atoms with Crippen LogP contribution in [-0.2, 0) is 5.79 Å². The van der Waals surface area contributed by atoms with Crippen molar-refractivity contribution in [1.29, 1.82) is 0 Å². The lowest BCUT2D eigenvalue weighted by Gasteiger charge is -2.05. The molecule has 0 bridgehead atoms. The van der Waals surface area contributed by atoms with Crippen molar-refractivity contribution >= 4 is 0 Å². The van der Waals surface area contributed by atoms with E-state index < -0.39 is 26.4 Å². The molecule has 13 heteroatoms. The third-order valence-electron chi connectivity index (χ3n) is 1.64. The maximum atomic E-state index is 10.6. The number of hydrogen-bond acceptors (Lipinski definition) is 10. The second kappa shape index (κ2) is 3.95. The van der Waals surface area contributed by atoms with Crippen LogP contribution >= 0.6 is 0 Å². The van der Waals surface area contributed by atoms with Gasteiger partial charge in [-0.25, -0.2) is 0 Å². The molecule has 0 unspecified atom stereocenters. The van der Waals surface area contributed by atoms with Gasteiger partial charge in [-0.15, -0.1) is 20.4 Å². The highest BCUT2D eigenvalue weighted by Gasteiger charge is 2.76. The Kier molecular flexibility index (Phi) is 2.84. The normalized spacial score (nSPS) is 10.9. The minimum atomic E-state index is -3.90. The maximum absolute atomic E-state index is 10.6. The van der Waals surface area contributed by atoms with Gasteiger partial charge in [0, 0.05) is 0 Å². The van der Waals surface area contributed by atoms with Crippen LogP contribution in [0, 0.1) is 37.3 Å². The van der Waals surface area contributed by atoms with Gasteiger partial charge in [-0.1, -0.05) is 0 Å². The van der Waals surface area contributed by atoms with E-state index in [1.807, 2.05) is 0 Å². The SMILES string of the molecule is Cc1nnc(C([N+](=O)[O-])([N+](=O)[O-])[N+](=O)[O-])nn1. The summed E-state index contributed by atoms with van der Waals surface area (Å²) in [5.74, 6) is -5.26. The highest BCUT2D eigenvalue weighted by molar-refractivity contribution is 4.85. The Balaban J connectivity index is 3.53. The average molecular weight is 245 g/mol. The summed E-state index contributed by atoms with van der Waals surface area (Å²) < 4.78 is 0. The van der Waals surface area contributed by atoms with Crippen molar-refractivity contribution in [3.63, 3.8) is 0 Å². The standard InChI is InChI=1S/C4H3N7O6/c1-2-5-7-3(8-6-2)4(9(12)13,10(14)15)11(16)17/h1H3. The summed E-state index contributed by atoms with van der Waals surface area (Å²) in [7, 11) is 0. The van der Waals surface area contributed by atoms with Gasteiger partial charge < -0.3 is 0 Å². The highest BCUT2D eigenvalue weighted by atomic mass is 16.7. The Morgan fingerprint density at radius 2 is 1.24 bits per heavy atom. The Labute approximate surface area is 90.9 Å². The third-order valence-corrected chi connectivity index (χ3v) is 1.64. The van der Waals surface area contributed by atoms with Crippen LogP contribution in [0.3, 0.4) is 0 Å². The minimum absolute atomic E-state index is 0.0438. The van der Waals surface area contributed by atoms with E-state index in [0.29, 0.717) is 0 Å². The lowest BCUT2D eigenvalue weighted by molar-refractivity contribution is -0.987. The molecule has 90 valence electrons. The number of aromatic nitrogens is 4. The molecule has 0 saturated heterocycles. The predicted octanol–water partition coefficient (Wildman–Crippen LogP) is -1.48. The van der Waals surface area contributed by atoms with E-state index in [9.17, 15) is 30.3 Å². The Morgan fingerprint density at radius 3 is 1.53 bits per heavy atom. The van der Waals surface area contributed by atoms with E-state index in [0.717, 1.165) is 0 Å². The van der Waals surface area contributed by atoms with Gasteiger partial charge >= 0.3 is 11.6 Å². The largest absolute Gasteiger partial charge is 0.766 e. The van der Waals surface area contributed by atoms with Crippen molar-refractivity contribution < 1.29 is 14.8 Å². The third kappa shape index (κ3) is 1.68. The fourth-order valence-corrected chi connectivity index (χ4v) is 0.859. The van der Waals surface area contributed by atoms with Gasteiger partial charge in [-0.05, 0) is 6.92 Å². The molecule has 0 amide bonds. The lowest BCUT2D eigenvalue weighted by atomic mass is 10.3. The van der Waals surface area contributed by atoms with Crippen LogP contribution in [0.4, 0.5) is 0 Å². The van der Waals surface area contributed by atoms with Gasteiger partial charge in [0.1, 0.15) is 0 Å². The smallest absolute Gasteiger partial charge is 0.252 e. The molecular formula is C4H3N7O6. The number of nitro groups is 3. The van der Waals surface area contributed by atoms with Crippen LogP contribution in [-0.4, -0.2) is 35.2 Å². The summed E-state index contributed by atoms with van der Waals surface area (Å²) in [5, 5.41) is 44.0. The first kappa shape index (κ1) is 12.2. The highest BCUT2D eigenvalue weighted by Crippen LogP contribution is 2.22. The summed E-state index contributed by atoms with van der Waals surface area (Å²) in [6, 6.07) is 0. The van der Waals surface area contributed by atoms with E-state index in [1.165, 1.54) is 6.92 Å². The molecule has 0 radical (unpaired) electrons. The summed E-state index contributed by atoms with van der Waals surface area (Å²) in [5.41, 5.74) is 0. The molecule has 1 rings (SSSR count). The Hall–Kier alpha value is -2.86. The van der Waals surface area contributed by atoms with Crippen LogP contribution in [0.15, 0.2) is 0 Å². The molecule has 0 spiro atoms. The zero-order valence-electron chi connectivity index (χ0n) is 8.08. The number of aryl methyl sites for hydroxylation is 1. The van der Waals surface area contributed by atoms with Crippen molar-refractivity contribution in [2.24, 2.45) is 0 Å². The summed E-state index contributed by atoms with van der Waals surface area (Å²) in [4.78, 5) is 26.6. The average Bonchev–Trinajstić information content (AvgIpc) is 2.20. The second-order valence-corrected chi connectivity index (χ2v) is 2.68. The van der Waals surface area contributed by atoms with E-state index in [4.69, 9.17) is 0 Å². The van der Waals surface area contributed by atoms with Crippen molar-refractivity contribution in [3.8, 4) is 0 Å². The summed E-state index contributed by atoms with van der Waals surface area (Å²) in [6.07, 6.45) is 0. The second-order valence-electron chi connectivity index (χ2n) is 2.68. The van der Waals surface area contributed by atoms with Gasteiger partial charge in [0.2, 0.25) is 0 Å². The molecule has 0 saturated carbocycles. The number of rotatable bonds is 4. The maximum Gasteiger partial charge on any atom is 0.766 e. The fourth-order valence-electron chi connectivity index (χ4n) is 0.859. The Bertz CT molecular complexity index is 448. The first-order valence-electron chi connectivity index (χ1n) is 3.81. The summed E-state index contributed by atoms with van der Waals surface area (Å²) in [6.45, 7) is 1.30. The van der Waals surface area contributed by atoms with E-state index in [2.05, 4.69) is 20.4 Å². The predicted molar refractivity (Wildman–Crippen MR) is 45.0 cm³/mol. The van der Waals surface area contributed by atoms with Crippen molar-refractivity contribution in [1.82, 2.24) is 20.4 Å². The van der Waals surface area contributed by atoms with Gasteiger partial charge in [0.05, 0.1) is 0 Å². The van der Waals surface area contributed by atoms with E-state index >= 15 is 0 Å². The van der Waals surface area contributed by atoms with E-state index in [1.54, 1.807) is 0 Å². The quantitative estimate of drug-likeness (QED) is 0.344. The molecule has 0 aliphatic heterocycles. The Morgan fingerprint density at radius 1 is 0.882 bits per heavy atom. The molecular weight excluding hydrogens is 242 g/mol. The van der Waals surface area contributed by atoms with E-state index in [-0.39, 0.29) is 5.82 Å². The topological polar surface area (TPSA) is 181 Å². The fraction of sp³-hybridized carbons (Fsp3) is 0.500. The zero-order valence-corrected chi connectivity index (χ0v) is 8.08. The van der Waals surface area contributed by atoms with Gasteiger partial charge in [0.25, 0.3) is 0 Å². The zero-order chi connectivity index (χ0) is 13.2. The molecule has 17 heavy (non-hydrogen) atoms. The van der Waals surface area contributed by atoms with Gasteiger partial charge in [0.15, 0.2) is 20.6 Å². The molecule has 0 N–H and O–H groups in total. The van der Waals surface area contributed by atoms with Crippen molar-refractivity contribution in [2.75, 3.05) is 0 Å². The minimum Gasteiger partial charge on any atom is -0.252 e. The summed E-state index contributed by atoms with van der Waals surface area (Å²) >= 11 is 0. The number of nitrogens with zero attached hydrogens (tertiary/aromatic N) is 7. The van der Waals surface area contributed by atoms with Crippen molar-refractivity contribution in [3.05, 3.63) is 42.0 Å². The van der Waals surface area contributed by atoms with Gasteiger partial charge in [-0.3, -0.25) is 30.3 Å². The molecule has 1 heterocycles. The molecule has 0 aliphatic rings. The first-order chi connectivity index (χ1) is 7.83.